The maximum absolute atomic E-state index is 12.4. The summed E-state index contributed by atoms with van der Waals surface area (Å²) in [6.07, 6.45) is 3.20. The highest BCUT2D eigenvalue weighted by Crippen LogP contribution is 2.17. The Balaban J connectivity index is 1.74. The van der Waals surface area contributed by atoms with Crippen LogP contribution in [-0.4, -0.2) is 20.8 Å². The van der Waals surface area contributed by atoms with Gasteiger partial charge in [0.2, 0.25) is 0 Å². The van der Waals surface area contributed by atoms with Crippen LogP contribution in [-0.2, 0) is 13.1 Å². The van der Waals surface area contributed by atoms with Gasteiger partial charge in [-0.05, 0) is 18.6 Å². The molecule has 0 unspecified atom stereocenters. The van der Waals surface area contributed by atoms with Crippen molar-refractivity contribution in [1.29, 1.82) is 0 Å². The maximum Gasteiger partial charge on any atom is 0.274 e. The molecule has 1 amide bonds. The van der Waals surface area contributed by atoms with Crippen molar-refractivity contribution in [1.82, 2.24) is 20.3 Å². The van der Waals surface area contributed by atoms with E-state index in [9.17, 15) is 4.79 Å². The number of aryl methyl sites for hydroxylation is 1. The van der Waals surface area contributed by atoms with Crippen molar-refractivity contribution in [3.8, 4) is 0 Å². The number of carbonyl (C=O) groups is 1. The van der Waals surface area contributed by atoms with Crippen molar-refractivity contribution in [3.05, 3.63) is 69.3 Å². The van der Waals surface area contributed by atoms with Gasteiger partial charge in [-0.25, -0.2) is 0 Å². The van der Waals surface area contributed by atoms with Crippen molar-refractivity contribution in [2.75, 3.05) is 0 Å². The van der Waals surface area contributed by atoms with E-state index in [4.69, 9.17) is 27.7 Å². The molecule has 1 N–H and O–H groups in total. The Morgan fingerprint density at radius 3 is 2.83 bits per heavy atom. The van der Waals surface area contributed by atoms with Crippen LogP contribution >= 0.6 is 23.2 Å². The Labute approximate surface area is 148 Å². The van der Waals surface area contributed by atoms with Gasteiger partial charge in [-0.1, -0.05) is 46.6 Å². The third-order valence-corrected chi connectivity index (χ3v) is 4.08. The molecule has 24 heavy (non-hydrogen) atoms. The predicted octanol–water partition coefficient (Wildman–Crippen LogP) is 3.46. The number of carbonyl (C=O) groups excluding carboxylic acids is 1. The summed E-state index contributed by atoms with van der Waals surface area (Å²) in [5.41, 5.74) is 1.71. The van der Waals surface area contributed by atoms with Gasteiger partial charge in [-0.15, -0.1) is 0 Å². The number of nitrogens with zero attached hydrogens (tertiary/aromatic N) is 3. The Bertz CT molecular complexity index is 873. The largest absolute Gasteiger partial charge is 0.361 e. The van der Waals surface area contributed by atoms with Crippen LogP contribution in [0.2, 0.25) is 10.0 Å². The lowest BCUT2D eigenvalue weighted by atomic mass is 10.1. The van der Waals surface area contributed by atoms with Gasteiger partial charge < -0.3 is 9.84 Å². The summed E-state index contributed by atoms with van der Waals surface area (Å²) in [6.45, 7) is 2.40. The molecule has 0 radical (unpaired) electrons. The van der Waals surface area contributed by atoms with Crippen LogP contribution in [0.15, 0.2) is 41.2 Å². The van der Waals surface area contributed by atoms with E-state index in [0.29, 0.717) is 34.5 Å². The van der Waals surface area contributed by atoms with Crippen LogP contribution < -0.4 is 5.32 Å². The fourth-order valence-corrected chi connectivity index (χ4v) is 2.60. The van der Waals surface area contributed by atoms with Gasteiger partial charge in [-0.3, -0.25) is 9.48 Å². The van der Waals surface area contributed by atoms with E-state index in [1.165, 1.54) is 6.20 Å². The third kappa shape index (κ3) is 3.60. The normalized spacial score (nSPS) is 10.8. The lowest BCUT2D eigenvalue weighted by Gasteiger charge is -2.07. The maximum atomic E-state index is 12.4. The van der Waals surface area contributed by atoms with Gasteiger partial charge in [0.25, 0.3) is 5.91 Å². The summed E-state index contributed by atoms with van der Waals surface area (Å²) in [7, 11) is 0. The molecule has 3 aromatic rings. The lowest BCUT2D eigenvalue weighted by molar-refractivity contribution is 0.0941. The Hall–Kier alpha value is -2.31. The number of benzene rings is 1. The summed E-state index contributed by atoms with van der Waals surface area (Å²) in [4.78, 5) is 12.4. The molecule has 2 heterocycles. The third-order valence-electron chi connectivity index (χ3n) is 3.52. The van der Waals surface area contributed by atoms with Crippen LogP contribution in [0.25, 0.3) is 0 Å². The molecule has 3 rings (SSSR count). The number of aromatic nitrogens is 3. The van der Waals surface area contributed by atoms with Crippen molar-refractivity contribution < 1.29 is 9.32 Å². The number of rotatable bonds is 5. The molecule has 0 bridgehead atoms. The van der Waals surface area contributed by atoms with E-state index in [-0.39, 0.29) is 11.6 Å². The fraction of sp³-hybridized carbons (Fsp3) is 0.188. The number of hydrogen-bond donors (Lipinski definition) is 1. The second kappa shape index (κ2) is 7.07. The molecule has 8 heteroatoms. The minimum Gasteiger partial charge on any atom is -0.361 e. The van der Waals surface area contributed by atoms with Crippen LogP contribution in [0.4, 0.5) is 0 Å². The standard InChI is InChI=1S/C16H14Cl2N4O2/c1-10-13(9-22-8-12(17)7-20-22)15(21-24-10)16(23)19-6-11-4-2-3-5-14(11)18/h2-5,7-8H,6,9H2,1H3,(H,19,23). The number of amides is 1. The Morgan fingerprint density at radius 1 is 1.33 bits per heavy atom. The summed E-state index contributed by atoms with van der Waals surface area (Å²) in [5.74, 6) is 0.226. The zero-order chi connectivity index (χ0) is 17.1. The molecular formula is C16H14Cl2N4O2. The molecule has 2 aromatic heterocycles. The summed E-state index contributed by atoms with van der Waals surface area (Å²) < 4.78 is 6.78. The zero-order valence-corrected chi connectivity index (χ0v) is 14.3. The van der Waals surface area contributed by atoms with Crippen LogP contribution in [0.5, 0.6) is 0 Å². The summed E-state index contributed by atoms with van der Waals surface area (Å²) >= 11 is 12.0. The van der Waals surface area contributed by atoms with Crippen LogP contribution in [0, 0.1) is 6.92 Å². The van der Waals surface area contributed by atoms with E-state index >= 15 is 0 Å². The molecule has 6 nitrogen and oxygen atoms in total. The molecule has 0 fully saturated rings. The van der Waals surface area contributed by atoms with E-state index in [1.807, 2.05) is 18.2 Å². The molecule has 0 saturated carbocycles. The summed E-state index contributed by atoms with van der Waals surface area (Å²) in [6, 6.07) is 7.32. The molecule has 0 aliphatic carbocycles. The molecular weight excluding hydrogens is 351 g/mol. The monoisotopic (exact) mass is 364 g/mol. The fourth-order valence-electron chi connectivity index (χ4n) is 2.24. The van der Waals surface area contributed by atoms with E-state index in [2.05, 4.69) is 15.6 Å². The first-order chi connectivity index (χ1) is 11.5. The molecule has 0 spiro atoms. The van der Waals surface area contributed by atoms with Crippen molar-refractivity contribution in [3.63, 3.8) is 0 Å². The number of hydrogen-bond acceptors (Lipinski definition) is 4. The minimum absolute atomic E-state index is 0.228. The average molecular weight is 365 g/mol. The first-order valence-electron chi connectivity index (χ1n) is 7.19. The molecule has 1 aromatic carbocycles. The van der Waals surface area contributed by atoms with Crippen molar-refractivity contribution >= 4 is 29.1 Å². The highest BCUT2D eigenvalue weighted by molar-refractivity contribution is 6.31. The predicted molar refractivity (Wildman–Crippen MR) is 90.2 cm³/mol. The van der Waals surface area contributed by atoms with Crippen molar-refractivity contribution in [2.24, 2.45) is 0 Å². The van der Waals surface area contributed by atoms with Gasteiger partial charge >= 0.3 is 0 Å². The summed E-state index contributed by atoms with van der Waals surface area (Å²) in [5, 5.41) is 11.9. The van der Waals surface area contributed by atoms with Gasteiger partial charge in [0.15, 0.2) is 5.69 Å². The smallest absolute Gasteiger partial charge is 0.274 e. The molecule has 124 valence electrons. The molecule has 0 aliphatic rings. The van der Waals surface area contributed by atoms with Crippen LogP contribution in [0.1, 0.15) is 27.4 Å². The van der Waals surface area contributed by atoms with E-state index < -0.39 is 0 Å². The molecule has 0 aliphatic heterocycles. The van der Waals surface area contributed by atoms with Gasteiger partial charge in [-0.2, -0.15) is 5.10 Å². The SMILES string of the molecule is Cc1onc(C(=O)NCc2ccccc2Cl)c1Cn1cc(Cl)cn1. The van der Waals surface area contributed by atoms with Gasteiger partial charge in [0.1, 0.15) is 5.76 Å². The van der Waals surface area contributed by atoms with E-state index in [1.54, 1.807) is 23.9 Å². The lowest BCUT2D eigenvalue weighted by Crippen LogP contribution is -2.25. The minimum atomic E-state index is -0.333. The van der Waals surface area contributed by atoms with E-state index in [0.717, 1.165) is 5.56 Å². The second-order valence-electron chi connectivity index (χ2n) is 5.20. The quantitative estimate of drug-likeness (QED) is 0.752. The molecule has 0 atom stereocenters. The second-order valence-corrected chi connectivity index (χ2v) is 6.04. The number of nitrogens with one attached hydrogen (secondary N) is 1. The topological polar surface area (TPSA) is 73.0 Å². The van der Waals surface area contributed by atoms with Crippen LogP contribution in [0.3, 0.4) is 0 Å². The van der Waals surface area contributed by atoms with Crippen molar-refractivity contribution in [2.45, 2.75) is 20.0 Å². The molecule has 0 saturated heterocycles. The highest BCUT2D eigenvalue weighted by Gasteiger charge is 2.20. The van der Waals surface area contributed by atoms with Gasteiger partial charge in [0.05, 0.1) is 17.8 Å². The first-order valence-corrected chi connectivity index (χ1v) is 7.95. The number of halogens is 2. The first kappa shape index (κ1) is 16.5. The Kier molecular flexibility index (Phi) is 4.87. The average Bonchev–Trinajstić information content (AvgIpc) is 3.13. The highest BCUT2D eigenvalue weighted by atomic mass is 35.5. The Morgan fingerprint density at radius 2 is 2.12 bits per heavy atom. The zero-order valence-electron chi connectivity index (χ0n) is 12.8. The van der Waals surface area contributed by atoms with Gasteiger partial charge in [0, 0.05) is 23.3 Å².